The molecule has 0 aliphatic heterocycles. The standard InChI is InChI=1S/C16H27NS/c1-6-16(4,5)17-7-8-18-12-15-10-13(2)9-14(3)11-15/h9-11,17H,6-8,12H2,1-5H3. The van der Waals surface area contributed by atoms with Gasteiger partial charge < -0.3 is 5.32 Å². The first-order valence-corrected chi connectivity index (χ1v) is 7.98. The topological polar surface area (TPSA) is 12.0 Å². The summed E-state index contributed by atoms with van der Waals surface area (Å²) in [5.74, 6) is 2.30. The summed E-state index contributed by atoms with van der Waals surface area (Å²) in [6.07, 6.45) is 1.18. The van der Waals surface area contributed by atoms with Crippen LogP contribution in [-0.4, -0.2) is 17.8 Å². The van der Waals surface area contributed by atoms with Gasteiger partial charge in [0.15, 0.2) is 0 Å². The number of benzene rings is 1. The second-order valence-electron chi connectivity index (χ2n) is 5.71. The fourth-order valence-electron chi connectivity index (χ4n) is 1.93. The van der Waals surface area contributed by atoms with Crippen molar-refractivity contribution in [2.75, 3.05) is 12.3 Å². The molecule has 0 bridgehead atoms. The number of rotatable bonds is 7. The van der Waals surface area contributed by atoms with Crippen LogP contribution in [0, 0.1) is 13.8 Å². The van der Waals surface area contributed by atoms with Crippen molar-refractivity contribution in [1.29, 1.82) is 0 Å². The van der Waals surface area contributed by atoms with Gasteiger partial charge in [0.2, 0.25) is 0 Å². The third-order valence-electron chi connectivity index (χ3n) is 3.28. The number of thioether (sulfide) groups is 1. The van der Waals surface area contributed by atoms with Crippen LogP contribution in [0.2, 0.25) is 0 Å². The van der Waals surface area contributed by atoms with Gasteiger partial charge in [-0.05, 0) is 39.7 Å². The minimum atomic E-state index is 0.278. The van der Waals surface area contributed by atoms with Crippen LogP contribution in [0.1, 0.15) is 43.9 Å². The number of aryl methyl sites for hydroxylation is 2. The Hall–Kier alpha value is -0.470. The Morgan fingerprint density at radius 3 is 2.28 bits per heavy atom. The van der Waals surface area contributed by atoms with E-state index in [1.54, 1.807) is 0 Å². The number of hydrogen-bond acceptors (Lipinski definition) is 2. The third-order valence-corrected chi connectivity index (χ3v) is 4.31. The summed E-state index contributed by atoms with van der Waals surface area (Å²) in [5.41, 5.74) is 4.47. The van der Waals surface area contributed by atoms with Crippen LogP contribution >= 0.6 is 11.8 Å². The molecule has 1 aromatic rings. The molecule has 0 atom stereocenters. The van der Waals surface area contributed by atoms with Gasteiger partial charge in [-0.25, -0.2) is 0 Å². The fraction of sp³-hybridized carbons (Fsp3) is 0.625. The summed E-state index contributed by atoms with van der Waals surface area (Å²) in [6.45, 7) is 12.2. The maximum Gasteiger partial charge on any atom is 0.0185 e. The van der Waals surface area contributed by atoms with Gasteiger partial charge in [-0.1, -0.05) is 36.2 Å². The molecule has 1 nitrogen and oxygen atoms in total. The summed E-state index contributed by atoms with van der Waals surface area (Å²) in [6, 6.07) is 6.83. The van der Waals surface area contributed by atoms with E-state index in [-0.39, 0.29) is 5.54 Å². The zero-order chi connectivity index (χ0) is 13.6. The SMILES string of the molecule is CCC(C)(C)NCCSCc1cc(C)cc(C)c1. The van der Waals surface area contributed by atoms with Crippen molar-refractivity contribution in [2.45, 2.75) is 52.3 Å². The first-order chi connectivity index (χ1) is 8.43. The smallest absolute Gasteiger partial charge is 0.0185 e. The second-order valence-corrected chi connectivity index (χ2v) is 6.82. The first-order valence-electron chi connectivity index (χ1n) is 6.83. The molecule has 0 unspecified atom stereocenters. The maximum absolute atomic E-state index is 3.60. The zero-order valence-electron chi connectivity index (χ0n) is 12.5. The highest BCUT2D eigenvalue weighted by Crippen LogP contribution is 2.16. The van der Waals surface area contributed by atoms with Crippen molar-refractivity contribution in [3.63, 3.8) is 0 Å². The highest BCUT2D eigenvalue weighted by atomic mass is 32.2. The van der Waals surface area contributed by atoms with E-state index in [2.05, 4.69) is 58.1 Å². The van der Waals surface area contributed by atoms with Crippen molar-refractivity contribution in [3.8, 4) is 0 Å². The number of nitrogens with one attached hydrogen (secondary N) is 1. The molecule has 1 aromatic carbocycles. The van der Waals surface area contributed by atoms with E-state index in [4.69, 9.17) is 0 Å². The molecule has 1 rings (SSSR count). The second kappa shape index (κ2) is 7.20. The lowest BCUT2D eigenvalue weighted by molar-refractivity contribution is 0.388. The molecule has 2 heteroatoms. The van der Waals surface area contributed by atoms with Gasteiger partial charge in [-0.15, -0.1) is 0 Å². The molecule has 0 heterocycles. The Morgan fingerprint density at radius 2 is 1.72 bits per heavy atom. The molecular formula is C16H27NS. The van der Waals surface area contributed by atoms with Gasteiger partial charge in [-0.3, -0.25) is 0 Å². The van der Waals surface area contributed by atoms with Crippen molar-refractivity contribution in [3.05, 3.63) is 34.9 Å². The molecule has 0 saturated carbocycles. The van der Waals surface area contributed by atoms with Crippen LogP contribution in [0.3, 0.4) is 0 Å². The van der Waals surface area contributed by atoms with E-state index in [1.807, 2.05) is 11.8 Å². The van der Waals surface area contributed by atoms with Crippen LogP contribution in [0.25, 0.3) is 0 Å². The van der Waals surface area contributed by atoms with Crippen molar-refractivity contribution >= 4 is 11.8 Å². The van der Waals surface area contributed by atoms with Crippen LogP contribution in [0.5, 0.6) is 0 Å². The lowest BCUT2D eigenvalue weighted by Gasteiger charge is -2.24. The van der Waals surface area contributed by atoms with Crippen LogP contribution in [0.4, 0.5) is 0 Å². The molecule has 0 spiro atoms. The predicted octanol–water partition coefficient (Wildman–Crippen LogP) is 4.31. The van der Waals surface area contributed by atoms with Crippen LogP contribution in [-0.2, 0) is 5.75 Å². The molecule has 102 valence electrons. The lowest BCUT2D eigenvalue weighted by atomic mass is 10.0. The van der Waals surface area contributed by atoms with Gasteiger partial charge in [0.1, 0.15) is 0 Å². The Morgan fingerprint density at radius 1 is 1.11 bits per heavy atom. The van der Waals surface area contributed by atoms with Crippen molar-refractivity contribution in [1.82, 2.24) is 5.32 Å². The molecule has 0 radical (unpaired) electrons. The molecule has 0 saturated heterocycles. The van der Waals surface area contributed by atoms with Gasteiger partial charge in [0.05, 0.1) is 0 Å². The third kappa shape index (κ3) is 5.92. The molecular weight excluding hydrogens is 238 g/mol. The fourth-order valence-corrected chi connectivity index (χ4v) is 2.72. The highest BCUT2D eigenvalue weighted by molar-refractivity contribution is 7.98. The Labute approximate surface area is 117 Å². The Balaban J connectivity index is 2.26. The summed E-state index contributed by atoms with van der Waals surface area (Å²) in [4.78, 5) is 0. The van der Waals surface area contributed by atoms with E-state index in [9.17, 15) is 0 Å². The molecule has 1 N–H and O–H groups in total. The van der Waals surface area contributed by atoms with Crippen molar-refractivity contribution in [2.24, 2.45) is 0 Å². The van der Waals surface area contributed by atoms with Gasteiger partial charge in [0.25, 0.3) is 0 Å². The molecule has 0 aliphatic rings. The predicted molar refractivity (Wildman–Crippen MR) is 84.5 cm³/mol. The van der Waals surface area contributed by atoms with Crippen molar-refractivity contribution < 1.29 is 0 Å². The monoisotopic (exact) mass is 265 g/mol. The van der Waals surface area contributed by atoms with E-state index in [1.165, 1.54) is 28.9 Å². The zero-order valence-corrected chi connectivity index (χ0v) is 13.3. The molecule has 0 amide bonds. The average Bonchev–Trinajstić information content (AvgIpc) is 2.27. The highest BCUT2D eigenvalue weighted by Gasteiger charge is 2.12. The van der Waals surface area contributed by atoms with Gasteiger partial charge in [-0.2, -0.15) is 11.8 Å². The summed E-state index contributed by atoms with van der Waals surface area (Å²) in [7, 11) is 0. The average molecular weight is 265 g/mol. The van der Waals surface area contributed by atoms with Gasteiger partial charge >= 0.3 is 0 Å². The molecule has 18 heavy (non-hydrogen) atoms. The minimum absolute atomic E-state index is 0.278. The summed E-state index contributed by atoms with van der Waals surface area (Å²) in [5, 5.41) is 3.60. The molecule has 0 aliphatic carbocycles. The summed E-state index contributed by atoms with van der Waals surface area (Å²) >= 11 is 2.01. The quantitative estimate of drug-likeness (QED) is 0.737. The van der Waals surface area contributed by atoms with E-state index < -0.39 is 0 Å². The largest absolute Gasteiger partial charge is 0.311 e. The minimum Gasteiger partial charge on any atom is -0.311 e. The Bertz CT molecular complexity index is 351. The Kier molecular flexibility index (Phi) is 6.24. The summed E-state index contributed by atoms with van der Waals surface area (Å²) < 4.78 is 0. The van der Waals surface area contributed by atoms with E-state index >= 15 is 0 Å². The van der Waals surface area contributed by atoms with Crippen LogP contribution < -0.4 is 5.32 Å². The number of hydrogen-bond donors (Lipinski definition) is 1. The maximum atomic E-state index is 3.60. The molecule has 0 aromatic heterocycles. The first kappa shape index (κ1) is 15.6. The lowest BCUT2D eigenvalue weighted by Crippen LogP contribution is -2.39. The molecule has 0 fully saturated rings. The van der Waals surface area contributed by atoms with Gasteiger partial charge in [0, 0.05) is 23.6 Å². The van der Waals surface area contributed by atoms with E-state index in [0.29, 0.717) is 0 Å². The van der Waals surface area contributed by atoms with E-state index in [0.717, 1.165) is 12.3 Å². The normalized spacial score (nSPS) is 11.8. The van der Waals surface area contributed by atoms with Crippen LogP contribution in [0.15, 0.2) is 18.2 Å².